The lowest BCUT2D eigenvalue weighted by molar-refractivity contribution is -0.115. The minimum absolute atomic E-state index is 0.0298. The minimum atomic E-state index is 0.0298. The highest BCUT2D eigenvalue weighted by Crippen LogP contribution is 2.46. The first-order valence-corrected chi connectivity index (χ1v) is 14.7. The first kappa shape index (κ1) is 25.0. The number of rotatable bonds is 6. The highest BCUT2D eigenvalue weighted by molar-refractivity contribution is 7.22. The maximum Gasteiger partial charge on any atom is 0.229 e. The van der Waals surface area contributed by atoms with E-state index in [0.29, 0.717) is 6.42 Å². The summed E-state index contributed by atoms with van der Waals surface area (Å²) in [6.07, 6.45) is 1.33. The first-order valence-electron chi connectivity index (χ1n) is 13.1. The second kappa shape index (κ2) is 10.4. The number of carbonyl (C=O) groups excluding carboxylic acids is 1. The Morgan fingerprint density at radius 3 is 2.47 bits per heavy atom. The lowest BCUT2D eigenvalue weighted by Crippen LogP contribution is -2.29. The molecule has 0 radical (unpaired) electrons. The minimum Gasteiger partial charge on any atom is -0.317 e. The van der Waals surface area contributed by atoms with Gasteiger partial charge >= 0.3 is 0 Å². The summed E-state index contributed by atoms with van der Waals surface area (Å²) >= 11 is 3.44. The van der Waals surface area contributed by atoms with Gasteiger partial charge in [0, 0.05) is 30.1 Å². The number of hydrogen-bond acceptors (Lipinski definition) is 5. The van der Waals surface area contributed by atoms with Crippen LogP contribution in [0.5, 0.6) is 0 Å². The molecule has 6 rings (SSSR count). The second-order valence-electron chi connectivity index (χ2n) is 10.2. The van der Waals surface area contributed by atoms with Crippen LogP contribution in [0.25, 0.3) is 20.8 Å². The van der Waals surface area contributed by atoms with Gasteiger partial charge in [0.05, 0.1) is 16.6 Å². The zero-order chi connectivity index (χ0) is 26.2. The van der Waals surface area contributed by atoms with Gasteiger partial charge in [0.15, 0.2) is 0 Å². The fourth-order valence-corrected chi connectivity index (χ4v) is 7.96. The summed E-state index contributed by atoms with van der Waals surface area (Å²) in [7, 11) is 0. The van der Waals surface area contributed by atoms with Crippen molar-refractivity contribution in [3.63, 3.8) is 0 Å². The van der Waals surface area contributed by atoms with Crippen LogP contribution in [0.15, 0.2) is 66.7 Å². The monoisotopic (exact) mass is 537 g/mol. The third-order valence-corrected chi connectivity index (χ3v) is 9.51. The number of hydrogen-bond donors (Lipinski definition) is 1. The van der Waals surface area contributed by atoms with E-state index in [0.717, 1.165) is 52.7 Å². The molecule has 6 heteroatoms. The van der Waals surface area contributed by atoms with Crippen molar-refractivity contribution >= 4 is 43.8 Å². The van der Waals surface area contributed by atoms with Gasteiger partial charge in [-0.25, -0.2) is 4.98 Å². The van der Waals surface area contributed by atoms with E-state index in [1.165, 1.54) is 37.4 Å². The molecule has 0 saturated carbocycles. The van der Waals surface area contributed by atoms with E-state index < -0.39 is 0 Å². The van der Waals surface area contributed by atoms with E-state index in [9.17, 15) is 4.79 Å². The van der Waals surface area contributed by atoms with Crippen molar-refractivity contribution in [2.24, 2.45) is 0 Å². The highest BCUT2D eigenvalue weighted by atomic mass is 32.1. The molecule has 1 aliphatic rings. The molecule has 0 aliphatic carbocycles. The standard InChI is InChI=1S/C32H31N3OS2/c1-20-15-21(2)25(22(3)16-20)17-29(36)34-32-30(31-33-26-11-7-8-12-27(26)37-31)24-13-14-35(19-28(24)38-32)18-23-9-5-4-6-10-23/h4-12,15-16H,13-14,17-19H2,1-3H3,(H,34,36). The number of thiazole rings is 1. The number of nitrogens with one attached hydrogen (secondary N) is 1. The number of anilines is 1. The lowest BCUT2D eigenvalue weighted by atomic mass is 9.97. The molecule has 192 valence electrons. The lowest BCUT2D eigenvalue weighted by Gasteiger charge is -2.27. The molecule has 0 saturated heterocycles. The van der Waals surface area contributed by atoms with Gasteiger partial charge in [0.1, 0.15) is 10.0 Å². The van der Waals surface area contributed by atoms with E-state index in [1.54, 1.807) is 22.7 Å². The highest BCUT2D eigenvalue weighted by Gasteiger charge is 2.28. The largest absolute Gasteiger partial charge is 0.317 e. The van der Waals surface area contributed by atoms with Gasteiger partial charge in [0.25, 0.3) is 0 Å². The van der Waals surface area contributed by atoms with Crippen LogP contribution in [0, 0.1) is 20.8 Å². The smallest absolute Gasteiger partial charge is 0.229 e. The van der Waals surface area contributed by atoms with Crippen LogP contribution in [-0.2, 0) is 30.7 Å². The van der Waals surface area contributed by atoms with Crippen molar-refractivity contribution in [3.05, 3.63) is 105 Å². The Hall–Kier alpha value is -3.32. The summed E-state index contributed by atoms with van der Waals surface area (Å²) in [5.74, 6) is 0.0298. The van der Waals surface area contributed by atoms with E-state index in [4.69, 9.17) is 4.98 Å². The molecule has 1 N–H and O–H groups in total. The number of benzene rings is 3. The quantitative estimate of drug-likeness (QED) is 0.241. The molecule has 4 nitrogen and oxygen atoms in total. The Labute approximate surface area is 232 Å². The van der Waals surface area contributed by atoms with E-state index in [-0.39, 0.29) is 5.91 Å². The summed E-state index contributed by atoms with van der Waals surface area (Å²) in [5.41, 5.74) is 9.50. The Morgan fingerprint density at radius 2 is 1.71 bits per heavy atom. The van der Waals surface area contributed by atoms with Crippen LogP contribution in [0.3, 0.4) is 0 Å². The maximum absolute atomic E-state index is 13.4. The van der Waals surface area contributed by atoms with Gasteiger partial charge in [-0.2, -0.15) is 0 Å². The summed E-state index contributed by atoms with van der Waals surface area (Å²) in [6.45, 7) is 9.11. The fourth-order valence-electron chi connectivity index (χ4n) is 5.55. The third-order valence-electron chi connectivity index (χ3n) is 7.32. The van der Waals surface area contributed by atoms with E-state index >= 15 is 0 Å². The molecule has 3 heterocycles. The molecular formula is C32H31N3OS2. The van der Waals surface area contributed by atoms with Crippen molar-refractivity contribution in [2.75, 3.05) is 11.9 Å². The molecule has 0 spiro atoms. The van der Waals surface area contributed by atoms with Crippen LogP contribution in [0.2, 0.25) is 0 Å². The average molecular weight is 538 g/mol. The number of amides is 1. The molecule has 0 atom stereocenters. The van der Waals surface area contributed by atoms with E-state index in [2.05, 4.69) is 91.7 Å². The SMILES string of the molecule is Cc1cc(C)c(CC(=O)Nc2sc3c(c2-c2nc4ccccc4s2)CCN(Cc2ccccc2)C3)c(C)c1. The molecule has 1 aliphatic heterocycles. The summed E-state index contributed by atoms with van der Waals surface area (Å²) in [5, 5.41) is 5.25. The number of fused-ring (bicyclic) bond motifs is 2. The van der Waals surface area contributed by atoms with Crippen LogP contribution in [-0.4, -0.2) is 22.3 Å². The van der Waals surface area contributed by atoms with Gasteiger partial charge in [-0.05, 0) is 67.1 Å². The van der Waals surface area contributed by atoms with Crippen LogP contribution in [0.4, 0.5) is 5.00 Å². The predicted molar refractivity (Wildman–Crippen MR) is 160 cm³/mol. The van der Waals surface area contributed by atoms with Crippen molar-refractivity contribution in [3.8, 4) is 10.6 Å². The van der Waals surface area contributed by atoms with Gasteiger partial charge < -0.3 is 5.32 Å². The Balaban J connectivity index is 1.33. The normalized spacial score (nSPS) is 13.6. The average Bonchev–Trinajstić information content (AvgIpc) is 3.47. The first-order chi connectivity index (χ1) is 18.4. The maximum atomic E-state index is 13.4. The number of para-hydroxylation sites is 1. The molecule has 0 bridgehead atoms. The molecular weight excluding hydrogens is 507 g/mol. The number of nitrogens with zero attached hydrogens (tertiary/aromatic N) is 2. The third kappa shape index (κ3) is 5.04. The Kier molecular flexibility index (Phi) is 6.87. The second-order valence-corrected chi connectivity index (χ2v) is 12.4. The molecule has 0 unspecified atom stereocenters. The Bertz CT molecular complexity index is 1580. The molecule has 3 aromatic carbocycles. The van der Waals surface area contributed by atoms with Gasteiger partial charge in [-0.1, -0.05) is 60.2 Å². The van der Waals surface area contributed by atoms with Crippen LogP contribution < -0.4 is 5.32 Å². The number of carbonyl (C=O) groups is 1. The number of thiophene rings is 1. The molecule has 5 aromatic rings. The van der Waals surface area contributed by atoms with Crippen LogP contribution in [0.1, 0.15) is 38.3 Å². The van der Waals surface area contributed by atoms with E-state index in [1.807, 2.05) is 6.07 Å². The Morgan fingerprint density at radius 1 is 0.974 bits per heavy atom. The molecule has 2 aromatic heterocycles. The molecule has 1 amide bonds. The summed E-state index contributed by atoms with van der Waals surface area (Å²) < 4.78 is 1.17. The predicted octanol–water partition coefficient (Wildman–Crippen LogP) is 7.69. The van der Waals surface area contributed by atoms with Gasteiger partial charge in [-0.3, -0.25) is 9.69 Å². The van der Waals surface area contributed by atoms with Crippen molar-refractivity contribution in [1.29, 1.82) is 0 Å². The van der Waals surface area contributed by atoms with Gasteiger partial charge in [-0.15, -0.1) is 22.7 Å². The summed E-state index contributed by atoms with van der Waals surface area (Å²) in [4.78, 5) is 22.2. The number of aromatic nitrogens is 1. The van der Waals surface area contributed by atoms with Crippen molar-refractivity contribution in [1.82, 2.24) is 9.88 Å². The number of aryl methyl sites for hydroxylation is 3. The van der Waals surface area contributed by atoms with Crippen LogP contribution >= 0.6 is 22.7 Å². The summed E-state index contributed by atoms with van der Waals surface area (Å²) in [6, 6.07) is 23.3. The zero-order valence-corrected chi connectivity index (χ0v) is 23.6. The molecule has 0 fully saturated rings. The zero-order valence-electron chi connectivity index (χ0n) is 22.0. The van der Waals surface area contributed by atoms with Crippen molar-refractivity contribution < 1.29 is 4.79 Å². The van der Waals surface area contributed by atoms with Crippen molar-refractivity contribution in [2.45, 2.75) is 46.7 Å². The fraction of sp³-hybridized carbons (Fsp3) is 0.250. The topological polar surface area (TPSA) is 45.2 Å². The van der Waals surface area contributed by atoms with Gasteiger partial charge in [0.2, 0.25) is 5.91 Å². The molecule has 38 heavy (non-hydrogen) atoms.